The second-order valence-corrected chi connectivity index (χ2v) is 9.31. The Morgan fingerprint density at radius 1 is 1.03 bits per heavy atom. The summed E-state index contributed by atoms with van der Waals surface area (Å²) in [5.74, 6) is 2.88. The van der Waals surface area contributed by atoms with Crippen LogP contribution in [0.25, 0.3) is 0 Å². The molecule has 2 saturated carbocycles. The molecule has 4 atom stereocenters. The molecule has 0 heterocycles. The SMILES string of the molecule is C=CCOc1ccc(OC(=O)c2ccc(C3CC[C@H]4C[C@@H](CC)CC[C@@H]4C3)c(F)c2)cc1. The van der Waals surface area contributed by atoms with Gasteiger partial charge in [0.05, 0.1) is 5.56 Å². The van der Waals surface area contributed by atoms with Gasteiger partial charge < -0.3 is 9.47 Å². The molecule has 0 amide bonds. The fourth-order valence-corrected chi connectivity index (χ4v) is 5.55. The van der Waals surface area contributed by atoms with E-state index in [9.17, 15) is 4.79 Å². The van der Waals surface area contributed by atoms with E-state index >= 15 is 4.39 Å². The van der Waals surface area contributed by atoms with Gasteiger partial charge in [0.1, 0.15) is 23.9 Å². The van der Waals surface area contributed by atoms with Crippen LogP contribution in [0.2, 0.25) is 0 Å². The van der Waals surface area contributed by atoms with E-state index in [4.69, 9.17) is 9.47 Å². The van der Waals surface area contributed by atoms with Gasteiger partial charge in [0.15, 0.2) is 0 Å². The van der Waals surface area contributed by atoms with E-state index in [-0.39, 0.29) is 17.3 Å². The second-order valence-electron chi connectivity index (χ2n) is 9.31. The number of benzene rings is 2. The van der Waals surface area contributed by atoms with Gasteiger partial charge in [0.25, 0.3) is 0 Å². The quantitative estimate of drug-likeness (QED) is 0.259. The lowest BCUT2D eigenvalue weighted by atomic mass is 9.63. The van der Waals surface area contributed by atoms with Gasteiger partial charge in [-0.1, -0.05) is 38.5 Å². The second kappa shape index (κ2) is 10.3. The number of carbonyl (C=O) groups excluding carboxylic acids is 1. The summed E-state index contributed by atoms with van der Waals surface area (Å²) in [5.41, 5.74) is 0.983. The molecule has 0 radical (unpaired) electrons. The Morgan fingerprint density at radius 3 is 2.47 bits per heavy atom. The summed E-state index contributed by atoms with van der Waals surface area (Å²) in [5, 5.41) is 0. The van der Waals surface area contributed by atoms with E-state index in [0.29, 0.717) is 18.1 Å². The minimum Gasteiger partial charge on any atom is -0.490 e. The lowest BCUT2D eigenvalue weighted by Gasteiger charge is -2.42. The Hall–Kier alpha value is -2.62. The molecule has 2 aromatic rings. The van der Waals surface area contributed by atoms with E-state index in [1.165, 1.54) is 38.2 Å². The molecular formula is C28H33FO3. The van der Waals surface area contributed by atoms with E-state index < -0.39 is 5.97 Å². The van der Waals surface area contributed by atoms with Crippen molar-refractivity contribution in [2.24, 2.45) is 17.8 Å². The van der Waals surface area contributed by atoms with Crippen molar-refractivity contribution in [2.75, 3.05) is 6.61 Å². The van der Waals surface area contributed by atoms with Crippen molar-refractivity contribution in [3.05, 3.63) is 72.1 Å². The number of hydrogen-bond acceptors (Lipinski definition) is 3. The molecule has 0 spiro atoms. The predicted molar refractivity (Wildman–Crippen MR) is 125 cm³/mol. The molecule has 2 fully saturated rings. The van der Waals surface area contributed by atoms with Crippen LogP contribution in [-0.4, -0.2) is 12.6 Å². The summed E-state index contributed by atoms with van der Waals surface area (Å²) in [6.07, 6.45) is 10.2. The van der Waals surface area contributed by atoms with Crippen LogP contribution >= 0.6 is 0 Å². The van der Waals surface area contributed by atoms with Crippen LogP contribution < -0.4 is 9.47 Å². The summed E-state index contributed by atoms with van der Waals surface area (Å²) in [6.45, 7) is 6.32. The number of hydrogen-bond donors (Lipinski definition) is 0. The molecule has 0 bridgehead atoms. The van der Waals surface area contributed by atoms with Gasteiger partial charge in [-0.25, -0.2) is 9.18 Å². The summed E-state index contributed by atoms with van der Waals surface area (Å²) in [4.78, 5) is 12.5. The fraction of sp³-hybridized carbons (Fsp3) is 0.464. The maximum atomic E-state index is 15.0. The third-order valence-corrected chi connectivity index (χ3v) is 7.38. The summed E-state index contributed by atoms with van der Waals surface area (Å²) in [7, 11) is 0. The summed E-state index contributed by atoms with van der Waals surface area (Å²) < 4.78 is 25.8. The van der Waals surface area contributed by atoms with E-state index in [0.717, 1.165) is 36.2 Å². The molecule has 4 rings (SSSR count). The van der Waals surface area contributed by atoms with Crippen molar-refractivity contribution < 1.29 is 18.7 Å². The third kappa shape index (κ3) is 5.23. The average Bonchev–Trinajstić information content (AvgIpc) is 2.82. The van der Waals surface area contributed by atoms with Gasteiger partial charge in [-0.3, -0.25) is 0 Å². The normalized spacial score (nSPS) is 24.9. The standard InChI is InChI=1S/C28H33FO3/c1-3-15-31-24-10-12-25(13-11-24)32-28(30)23-9-14-26(27(29)18-23)22-8-7-20-16-19(4-2)5-6-21(20)17-22/h3,9-14,18-22H,1,4-8,15-17H2,2H3/t19-,20-,21+,22?/m0/s1. The van der Waals surface area contributed by atoms with Crippen LogP contribution in [0.5, 0.6) is 11.5 Å². The molecule has 1 unspecified atom stereocenters. The number of fused-ring (bicyclic) bond motifs is 1. The predicted octanol–water partition coefficient (Wildman–Crippen LogP) is 7.32. The van der Waals surface area contributed by atoms with Crippen LogP contribution in [0.15, 0.2) is 55.1 Å². The van der Waals surface area contributed by atoms with Crippen molar-refractivity contribution in [3.8, 4) is 11.5 Å². The number of rotatable bonds is 7. The zero-order chi connectivity index (χ0) is 22.5. The molecule has 0 saturated heterocycles. The lowest BCUT2D eigenvalue weighted by molar-refractivity contribution is 0.0734. The van der Waals surface area contributed by atoms with Gasteiger partial charge in [-0.05, 0) is 97.7 Å². The van der Waals surface area contributed by atoms with Crippen molar-refractivity contribution in [3.63, 3.8) is 0 Å². The highest BCUT2D eigenvalue weighted by Crippen LogP contribution is 2.48. The molecular weight excluding hydrogens is 403 g/mol. The largest absolute Gasteiger partial charge is 0.490 e. The van der Waals surface area contributed by atoms with Crippen molar-refractivity contribution in [1.82, 2.24) is 0 Å². The molecule has 2 aliphatic rings. The Balaban J connectivity index is 1.38. The molecule has 4 heteroatoms. The molecule has 2 aliphatic carbocycles. The van der Waals surface area contributed by atoms with Crippen molar-refractivity contribution in [1.29, 1.82) is 0 Å². The summed E-state index contributed by atoms with van der Waals surface area (Å²) >= 11 is 0. The minimum atomic E-state index is -0.559. The highest BCUT2D eigenvalue weighted by molar-refractivity contribution is 5.91. The topological polar surface area (TPSA) is 35.5 Å². The monoisotopic (exact) mass is 436 g/mol. The zero-order valence-corrected chi connectivity index (χ0v) is 18.9. The number of halogens is 1. The van der Waals surface area contributed by atoms with E-state index in [1.54, 1.807) is 42.5 Å². The lowest BCUT2D eigenvalue weighted by Crippen LogP contribution is -2.30. The molecule has 3 nitrogen and oxygen atoms in total. The molecule has 170 valence electrons. The Labute approximate surface area is 190 Å². The fourth-order valence-electron chi connectivity index (χ4n) is 5.55. The number of esters is 1. The maximum Gasteiger partial charge on any atom is 0.343 e. The summed E-state index contributed by atoms with van der Waals surface area (Å²) in [6, 6.07) is 11.6. The zero-order valence-electron chi connectivity index (χ0n) is 18.9. The van der Waals surface area contributed by atoms with Crippen LogP contribution in [0.3, 0.4) is 0 Å². The van der Waals surface area contributed by atoms with E-state index in [1.807, 2.05) is 0 Å². The third-order valence-electron chi connectivity index (χ3n) is 7.38. The van der Waals surface area contributed by atoms with Crippen molar-refractivity contribution in [2.45, 2.75) is 57.8 Å². The Bertz CT molecular complexity index is 936. The van der Waals surface area contributed by atoms with Crippen molar-refractivity contribution >= 4 is 5.97 Å². The number of carbonyl (C=O) groups is 1. The first kappa shape index (κ1) is 22.6. The maximum absolute atomic E-state index is 15.0. The number of ether oxygens (including phenoxy) is 2. The van der Waals surface area contributed by atoms with Crippen LogP contribution in [0, 0.1) is 23.6 Å². The molecule has 0 aliphatic heterocycles. The first-order valence-corrected chi connectivity index (χ1v) is 11.9. The highest BCUT2D eigenvalue weighted by Gasteiger charge is 2.36. The molecule has 2 aromatic carbocycles. The smallest absolute Gasteiger partial charge is 0.343 e. The van der Waals surface area contributed by atoms with Crippen LogP contribution in [-0.2, 0) is 0 Å². The van der Waals surface area contributed by atoms with Gasteiger partial charge in [-0.15, -0.1) is 0 Å². The van der Waals surface area contributed by atoms with Gasteiger partial charge >= 0.3 is 5.97 Å². The highest BCUT2D eigenvalue weighted by atomic mass is 19.1. The molecule has 0 N–H and O–H groups in total. The van der Waals surface area contributed by atoms with Gasteiger partial charge in [0.2, 0.25) is 0 Å². The first-order chi connectivity index (χ1) is 15.6. The average molecular weight is 437 g/mol. The Kier molecular flexibility index (Phi) is 7.29. The minimum absolute atomic E-state index is 0.232. The molecule has 32 heavy (non-hydrogen) atoms. The van der Waals surface area contributed by atoms with Crippen LogP contribution in [0.1, 0.15) is 73.7 Å². The molecule has 0 aromatic heterocycles. The Morgan fingerprint density at radius 2 is 1.75 bits per heavy atom. The first-order valence-electron chi connectivity index (χ1n) is 11.9. The van der Waals surface area contributed by atoms with Gasteiger partial charge in [0, 0.05) is 0 Å². The van der Waals surface area contributed by atoms with Crippen LogP contribution in [0.4, 0.5) is 4.39 Å². The van der Waals surface area contributed by atoms with Gasteiger partial charge in [-0.2, -0.15) is 0 Å². The van der Waals surface area contributed by atoms with E-state index in [2.05, 4.69) is 13.5 Å².